The van der Waals surface area contributed by atoms with Gasteiger partial charge in [-0.05, 0) is 12.3 Å². The summed E-state index contributed by atoms with van der Waals surface area (Å²) in [5.41, 5.74) is 6.40. The van der Waals surface area contributed by atoms with Crippen molar-refractivity contribution in [1.82, 2.24) is 5.32 Å². The van der Waals surface area contributed by atoms with Gasteiger partial charge in [0.1, 0.15) is 15.6 Å². The quantitative estimate of drug-likeness (QED) is 0.840. The van der Waals surface area contributed by atoms with E-state index in [1.165, 1.54) is 11.3 Å². The molecule has 19 heavy (non-hydrogen) atoms. The fourth-order valence-corrected chi connectivity index (χ4v) is 2.82. The Bertz CT molecular complexity index is 443. The van der Waals surface area contributed by atoms with E-state index in [0.717, 1.165) is 18.0 Å². The van der Waals surface area contributed by atoms with Gasteiger partial charge >= 0.3 is 0 Å². The second kappa shape index (κ2) is 6.65. The van der Waals surface area contributed by atoms with E-state index in [2.05, 4.69) is 24.1 Å². The lowest BCUT2D eigenvalue weighted by Crippen LogP contribution is -2.19. The Labute approximate surface area is 118 Å². The van der Waals surface area contributed by atoms with Crippen LogP contribution >= 0.6 is 11.3 Å². The number of rotatable bonds is 6. The molecule has 6 heteroatoms. The molecule has 0 aliphatic rings. The van der Waals surface area contributed by atoms with E-state index in [1.54, 1.807) is 14.2 Å². The van der Waals surface area contributed by atoms with Crippen molar-refractivity contribution in [3.8, 4) is 5.75 Å². The van der Waals surface area contributed by atoms with Crippen LogP contribution in [0.25, 0.3) is 0 Å². The summed E-state index contributed by atoms with van der Waals surface area (Å²) >= 11 is 1.37. The van der Waals surface area contributed by atoms with Gasteiger partial charge in [-0.1, -0.05) is 13.8 Å². The van der Waals surface area contributed by atoms with Crippen molar-refractivity contribution in [1.29, 1.82) is 0 Å². The Morgan fingerprint density at radius 1 is 1.53 bits per heavy atom. The molecule has 0 atom stereocenters. The molecule has 0 aliphatic carbocycles. The largest absolute Gasteiger partial charge is 0.492 e. The topological polar surface area (TPSA) is 67.6 Å². The van der Waals surface area contributed by atoms with Gasteiger partial charge in [-0.25, -0.2) is 0 Å². The maximum absolute atomic E-state index is 11.7. The molecule has 0 saturated heterocycles. The lowest BCUT2D eigenvalue weighted by Gasteiger charge is -2.19. The second-order valence-electron chi connectivity index (χ2n) is 4.87. The van der Waals surface area contributed by atoms with Crippen LogP contribution in [-0.4, -0.2) is 33.7 Å². The first-order valence-electron chi connectivity index (χ1n) is 6.31. The number of hydrogen-bond donors (Lipinski definition) is 2. The molecule has 0 unspecified atom stereocenters. The summed E-state index contributed by atoms with van der Waals surface area (Å²) in [6.45, 7) is 5.27. The molecule has 3 N–H and O–H groups in total. The minimum atomic E-state index is -0.177. The van der Waals surface area contributed by atoms with Gasteiger partial charge in [-0.2, -0.15) is 0 Å². The average molecular weight is 285 g/mol. The van der Waals surface area contributed by atoms with Crippen molar-refractivity contribution in [2.24, 2.45) is 5.92 Å². The predicted molar refractivity (Wildman–Crippen MR) is 81.4 cm³/mol. The Kier molecular flexibility index (Phi) is 5.47. The number of methoxy groups -OCH3 is 1. The molecule has 0 aromatic carbocycles. The van der Waals surface area contributed by atoms with E-state index in [0.29, 0.717) is 22.2 Å². The van der Waals surface area contributed by atoms with Gasteiger partial charge < -0.3 is 20.7 Å². The maximum atomic E-state index is 11.7. The van der Waals surface area contributed by atoms with Gasteiger partial charge in [0.05, 0.1) is 7.11 Å². The van der Waals surface area contributed by atoms with Gasteiger partial charge in [0, 0.05) is 20.6 Å². The number of nitrogen functional groups attached to an aromatic ring is 1. The Balaban J connectivity index is 3.03. The summed E-state index contributed by atoms with van der Waals surface area (Å²) in [5.74, 6) is 1.04. The van der Waals surface area contributed by atoms with Gasteiger partial charge in [-0.15, -0.1) is 11.3 Å². The Morgan fingerprint density at radius 3 is 2.63 bits per heavy atom. The molecule has 1 aromatic heterocycles. The number of nitrogens with one attached hydrogen (secondary N) is 1. The molecule has 0 radical (unpaired) electrons. The molecule has 108 valence electrons. The summed E-state index contributed by atoms with van der Waals surface area (Å²) < 4.78 is 5.34. The number of hydrogen-bond acceptors (Lipinski definition) is 5. The minimum absolute atomic E-state index is 0.177. The highest BCUT2D eigenvalue weighted by molar-refractivity contribution is 7.19. The number of anilines is 2. The van der Waals surface area contributed by atoms with E-state index in [-0.39, 0.29) is 5.91 Å². The molecule has 1 rings (SSSR count). The number of amides is 1. The normalized spacial score (nSPS) is 10.6. The fraction of sp³-hybridized carbons (Fsp3) is 0.615. The molecule has 0 saturated carbocycles. The van der Waals surface area contributed by atoms with Crippen molar-refractivity contribution in [2.75, 3.05) is 38.4 Å². The minimum Gasteiger partial charge on any atom is -0.492 e. The third kappa shape index (κ3) is 3.53. The summed E-state index contributed by atoms with van der Waals surface area (Å²) in [7, 11) is 5.16. The highest BCUT2D eigenvalue weighted by Crippen LogP contribution is 2.44. The zero-order chi connectivity index (χ0) is 14.6. The molecule has 0 fully saturated rings. The van der Waals surface area contributed by atoms with E-state index in [9.17, 15) is 4.79 Å². The van der Waals surface area contributed by atoms with Crippen LogP contribution in [0.5, 0.6) is 5.75 Å². The number of nitrogens with two attached hydrogens (primary N) is 1. The SMILES string of the molecule is CNC(=O)c1sc(N(C)CCC(C)C)c(OC)c1N. The van der Waals surface area contributed by atoms with Crippen molar-refractivity contribution < 1.29 is 9.53 Å². The van der Waals surface area contributed by atoms with E-state index >= 15 is 0 Å². The predicted octanol–water partition coefficient (Wildman–Crippen LogP) is 2.18. The standard InChI is InChI=1S/C13H23N3O2S/c1-8(2)6-7-16(4)13-10(18-5)9(14)11(19-13)12(17)15-3/h8H,6-7,14H2,1-5H3,(H,15,17). The number of ether oxygens (including phenoxy) is 1. The summed E-state index contributed by atoms with van der Waals surface area (Å²) in [6, 6.07) is 0. The van der Waals surface area contributed by atoms with Gasteiger partial charge in [0.2, 0.25) is 0 Å². The van der Waals surface area contributed by atoms with E-state index in [1.807, 2.05) is 7.05 Å². The van der Waals surface area contributed by atoms with Crippen molar-refractivity contribution in [3.05, 3.63) is 4.88 Å². The Hall–Kier alpha value is -1.43. The molecule has 0 spiro atoms. The number of carbonyl (C=O) groups excluding carboxylic acids is 1. The van der Waals surface area contributed by atoms with Gasteiger partial charge in [0.15, 0.2) is 5.75 Å². The third-order valence-electron chi connectivity index (χ3n) is 2.91. The average Bonchev–Trinajstić information content (AvgIpc) is 2.72. The second-order valence-corrected chi connectivity index (χ2v) is 5.87. The zero-order valence-corrected chi connectivity index (χ0v) is 13.1. The smallest absolute Gasteiger partial charge is 0.263 e. The molecule has 1 heterocycles. The lowest BCUT2D eigenvalue weighted by molar-refractivity contribution is 0.0967. The van der Waals surface area contributed by atoms with Crippen molar-refractivity contribution in [3.63, 3.8) is 0 Å². The van der Waals surface area contributed by atoms with E-state index in [4.69, 9.17) is 10.5 Å². The van der Waals surface area contributed by atoms with Crippen LogP contribution in [0, 0.1) is 5.92 Å². The molecular weight excluding hydrogens is 262 g/mol. The highest BCUT2D eigenvalue weighted by Gasteiger charge is 2.23. The van der Waals surface area contributed by atoms with Crippen LogP contribution in [0.1, 0.15) is 29.9 Å². The van der Waals surface area contributed by atoms with Gasteiger partial charge in [0.25, 0.3) is 5.91 Å². The number of carbonyl (C=O) groups is 1. The summed E-state index contributed by atoms with van der Waals surface area (Å²) in [6.07, 6.45) is 1.08. The third-order valence-corrected chi connectivity index (χ3v) is 4.21. The Morgan fingerprint density at radius 2 is 2.16 bits per heavy atom. The summed E-state index contributed by atoms with van der Waals surface area (Å²) in [4.78, 5) is 14.3. The molecule has 5 nitrogen and oxygen atoms in total. The van der Waals surface area contributed by atoms with Gasteiger partial charge in [-0.3, -0.25) is 4.79 Å². The van der Waals surface area contributed by atoms with Crippen LogP contribution in [-0.2, 0) is 0 Å². The first-order valence-corrected chi connectivity index (χ1v) is 7.13. The molecule has 0 bridgehead atoms. The number of nitrogens with zero attached hydrogens (tertiary/aromatic N) is 1. The highest BCUT2D eigenvalue weighted by atomic mass is 32.1. The molecule has 1 aromatic rings. The van der Waals surface area contributed by atoms with Crippen LogP contribution in [0.15, 0.2) is 0 Å². The summed E-state index contributed by atoms with van der Waals surface area (Å²) in [5, 5.41) is 3.50. The monoisotopic (exact) mass is 285 g/mol. The van der Waals surface area contributed by atoms with E-state index < -0.39 is 0 Å². The first-order chi connectivity index (χ1) is 8.92. The van der Waals surface area contributed by atoms with Crippen LogP contribution in [0.2, 0.25) is 0 Å². The zero-order valence-electron chi connectivity index (χ0n) is 12.2. The van der Waals surface area contributed by atoms with Crippen LogP contribution in [0.3, 0.4) is 0 Å². The first kappa shape index (κ1) is 15.6. The van der Waals surface area contributed by atoms with Crippen molar-refractivity contribution >= 4 is 27.9 Å². The van der Waals surface area contributed by atoms with Crippen LogP contribution in [0.4, 0.5) is 10.7 Å². The van der Waals surface area contributed by atoms with Crippen molar-refractivity contribution in [2.45, 2.75) is 20.3 Å². The maximum Gasteiger partial charge on any atom is 0.263 e. The molecule has 0 aliphatic heterocycles. The number of thiophene rings is 1. The molecule has 1 amide bonds. The fourth-order valence-electron chi connectivity index (χ4n) is 1.70. The lowest BCUT2D eigenvalue weighted by atomic mass is 10.1. The van der Waals surface area contributed by atoms with Crippen LogP contribution < -0.4 is 20.7 Å². The molecular formula is C13H23N3O2S.